The van der Waals surface area contributed by atoms with Gasteiger partial charge in [-0.3, -0.25) is 4.79 Å². The van der Waals surface area contributed by atoms with Crippen molar-refractivity contribution >= 4 is 16.8 Å². The standard InChI is InChI=1S/C29H38N4O2/c1-5-32-15-17-33(18-16-32)14-6-13-30-29(34)26-20-28(22-7-10-24(35-4)11-8-22)31-27-12-9-23(21(2)3)19-25(26)27/h7-12,19-21H,5-6,13-18H2,1-4H3,(H,30,34). The fourth-order valence-electron chi connectivity index (χ4n) is 4.63. The number of ether oxygens (including phenoxy) is 1. The van der Waals surface area contributed by atoms with Crippen molar-refractivity contribution in [1.29, 1.82) is 0 Å². The summed E-state index contributed by atoms with van der Waals surface area (Å²) in [5.74, 6) is 1.14. The molecule has 2 heterocycles. The Labute approximate surface area is 209 Å². The number of likely N-dealkylation sites (N-methyl/N-ethyl adjacent to an activating group) is 1. The summed E-state index contributed by atoms with van der Waals surface area (Å²) in [5.41, 5.74) is 4.47. The number of hydrogen-bond donors (Lipinski definition) is 1. The molecule has 2 aromatic carbocycles. The van der Waals surface area contributed by atoms with Gasteiger partial charge in [0.25, 0.3) is 5.91 Å². The van der Waals surface area contributed by atoms with E-state index in [1.165, 1.54) is 5.56 Å². The molecular weight excluding hydrogens is 436 g/mol. The summed E-state index contributed by atoms with van der Waals surface area (Å²) in [6.07, 6.45) is 0.948. The van der Waals surface area contributed by atoms with Gasteiger partial charge in [-0.25, -0.2) is 4.98 Å². The zero-order valence-electron chi connectivity index (χ0n) is 21.5. The average molecular weight is 475 g/mol. The third-order valence-corrected chi connectivity index (χ3v) is 6.98. The summed E-state index contributed by atoms with van der Waals surface area (Å²) in [5, 5.41) is 4.08. The summed E-state index contributed by atoms with van der Waals surface area (Å²) in [6, 6.07) is 16.0. The van der Waals surface area contributed by atoms with Crippen LogP contribution in [0.3, 0.4) is 0 Å². The normalized spacial score (nSPS) is 15.0. The number of fused-ring (bicyclic) bond motifs is 1. The number of nitrogens with zero attached hydrogens (tertiary/aromatic N) is 3. The first kappa shape index (κ1) is 25.1. The summed E-state index contributed by atoms with van der Waals surface area (Å²) in [7, 11) is 1.66. The second-order valence-corrected chi connectivity index (χ2v) is 9.60. The average Bonchev–Trinajstić information content (AvgIpc) is 2.90. The van der Waals surface area contributed by atoms with E-state index in [1.54, 1.807) is 7.11 Å². The molecule has 0 bridgehead atoms. The molecule has 4 rings (SSSR count). The number of carbonyl (C=O) groups is 1. The summed E-state index contributed by atoms with van der Waals surface area (Å²) in [4.78, 5) is 23.2. The number of amides is 1. The van der Waals surface area contributed by atoms with E-state index < -0.39 is 0 Å². The predicted molar refractivity (Wildman–Crippen MR) is 143 cm³/mol. The lowest BCUT2D eigenvalue weighted by molar-refractivity contribution is 0.0950. The van der Waals surface area contributed by atoms with Crippen LogP contribution in [0.1, 0.15) is 49.0 Å². The molecule has 1 aliphatic heterocycles. The Balaban J connectivity index is 1.51. The lowest BCUT2D eigenvalue weighted by Crippen LogP contribution is -2.46. The number of nitrogens with one attached hydrogen (secondary N) is 1. The van der Waals surface area contributed by atoms with Crippen molar-refractivity contribution < 1.29 is 9.53 Å². The van der Waals surface area contributed by atoms with Crippen LogP contribution in [0.15, 0.2) is 48.5 Å². The first-order chi connectivity index (χ1) is 17.0. The van der Waals surface area contributed by atoms with Crippen LogP contribution in [0.25, 0.3) is 22.2 Å². The minimum atomic E-state index is -0.0381. The quantitative estimate of drug-likeness (QED) is 0.452. The summed E-state index contributed by atoms with van der Waals surface area (Å²) < 4.78 is 5.29. The molecule has 1 aromatic heterocycles. The zero-order chi connectivity index (χ0) is 24.8. The predicted octanol–water partition coefficient (Wildman–Crippen LogP) is 4.79. The maximum atomic E-state index is 13.4. The van der Waals surface area contributed by atoms with Crippen molar-refractivity contribution in [2.75, 3.05) is 52.9 Å². The van der Waals surface area contributed by atoms with Gasteiger partial charge in [-0.15, -0.1) is 0 Å². The van der Waals surface area contributed by atoms with Gasteiger partial charge in [0, 0.05) is 43.7 Å². The molecule has 1 fully saturated rings. The Morgan fingerprint density at radius 1 is 1.03 bits per heavy atom. The summed E-state index contributed by atoms with van der Waals surface area (Å²) in [6.45, 7) is 13.9. The van der Waals surface area contributed by atoms with Crippen LogP contribution in [0, 0.1) is 0 Å². The molecule has 6 heteroatoms. The van der Waals surface area contributed by atoms with Crippen molar-refractivity contribution in [2.24, 2.45) is 0 Å². The van der Waals surface area contributed by atoms with Crippen molar-refractivity contribution in [3.05, 3.63) is 59.7 Å². The number of piperazine rings is 1. The highest BCUT2D eigenvalue weighted by Crippen LogP contribution is 2.28. The molecule has 0 saturated carbocycles. The van der Waals surface area contributed by atoms with E-state index in [1.807, 2.05) is 36.4 Å². The Hall–Kier alpha value is -2.96. The van der Waals surface area contributed by atoms with Gasteiger partial charge in [0.15, 0.2) is 0 Å². The molecule has 1 amide bonds. The molecule has 0 radical (unpaired) electrons. The van der Waals surface area contributed by atoms with Crippen molar-refractivity contribution in [3.8, 4) is 17.0 Å². The monoisotopic (exact) mass is 474 g/mol. The van der Waals surface area contributed by atoms with Gasteiger partial charge in [0.1, 0.15) is 5.75 Å². The maximum Gasteiger partial charge on any atom is 0.252 e. The van der Waals surface area contributed by atoms with E-state index in [-0.39, 0.29) is 5.91 Å². The fraction of sp³-hybridized carbons (Fsp3) is 0.448. The first-order valence-electron chi connectivity index (χ1n) is 12.8. The van der Waals surface area contributed by atoms with Crippen LogP contribution in [0.4, 0.5) is 0 Å². The fourth-order valence-corrected chi connectivity index (χ4v) is 4.63. The Morgan fingerprint density at radius 2 is 1.74 bits per heavy atom. The third-order valence-electron chi connectivity index (χ3n) is 6.98. The minimum absolute atomic E-state index is 0.0381. The van der Waals surface area contributed by atoms with E-state index in [9.17, 15) is 4.79 Å². The number of pyridine rings is 1. The largest absolute Gasteiger partial charge is 0.497 e. The van der Waals surface area contributed by atoms with E-state index >= 15 is 0 Å². The van der Waals surface area contributed by atoms with Gasteiger partial charge >= 0.3 is 0 Å². The molecule has 0 aliphatic carbocycles. The van der Waals surface area contributed by atoms with Crippen LogP contribution in [0.2, 0.25) is 0 Å². The van der Waals surface area contributed by atoms with E-state index in [0.29, 0.717) is 18.0 Å². The van der Waals surface area contributed by atoms with E-state index in [0.717, 1.165) is 73.6 Å². The molecule has 0 atom stereocenters. The molecule has 186 valence electrons. The Morgan fingerprint density at radius 3 is 2.40 bits per heavy atom. The summed E-state index contributed by atoms with van der Waals surface area (Å²) >= 11 is 0. The zero-order valence-corrected chi connectivity index (χ0v) is 21.5. The van der Waals surface area contributed by atoms with Gasteiger partial charge in [0.2, 0.25) is 0 Å². The van der Waals surface area contributed by atoms with Crippen molar-refractivity contribution in [2.45, 2.75) is 33.1 Å². The molecule has 6 nitrogen and oxygen atoms in total. The van der Waals surface area contributed by atoms with Crippen molar-refractivity contribution in [3.63, 3.8) is 0 Å². The van der Waals surface area contributed by atoms with Gasteiger partial charge in [-0.2, -0.15) is 0 Å². The highest BCUT2D eigenvalue weighted by Gasteiger charge is 2.17. The number of carbonyl (C=O) groups excluding carboxylic acids is 1. The SMILES string of the molecule is CCN1CCN(CCCNC(=O)c2cc(-c3ccc(OC)cc3)nc3ccc(C(C)C)cc23)CC1. The molecule has 3 aromatic rings. The molecule has 0 unspecified atom stereocenters. The topological polar surface area (TPSA) is 57.7 Å². The molecule has 1 saturated heterocycles. The van der Waals surface area contributed by atoms with Gasteiger partial charge < -0.3 is 19.9 Å². The molecule has 0 spiro atoms. The number of methoxy groups -OCH3 is 1. The number of aromatic nitrogens is 1. The molecule has 1 N–H and O–H groups in total. The number of rotatable bonds is 9. The lowest BCUT2D eigenvalue weighted by atomic mass is 9.97. The van der Waals surface area contributed by atoms with Crippen LogP contribution < -0.4 is 10.1 Å². The Kier molecular flexibility index (Phi) is 8.37. The first-order valence-corrected chi connectivity index (χ1v) is 12.8. The van der Waals surface area contributed by atoms with Crippen LogP contribution >= 0.6 is 0 Å². The maximum absolute atomic E-state index is 13.4. The van der Waals surface area contributed by atoms with Crippen LogP contribution in [0.5, 0.6) is 5.75 Å². The molecule has 1 aliphatic rings. The molecular formula is C29H38N4O2. The number of benzene rings is 2. The van der Waals surface area contributed by atoms with Crippen molar-refractivity contribution in [1.82, 2.24) is 20.1 Å². The second kappa shape index (κ2) is 11.6. The van der Waals surface area contributed by atoms with Gasteiger partial charge in [-0.05, 0) is 73.5 Å². The highest BCUT2D eigenvalue weighted by atomic mass is 16.5. The smallest absolute Gasteiger partial charge is 0.252 e. The van der Waals surface area contributed by atoms with Crippen LogP contribution in [-0.2, 0) is 0 Å². The third kappa shape index (κ3) is 6.19. The van der Waals surface area contributed by atoms with Gasteiger partial charge in [0.05, 0.1) is 23.9 Å². The minimum Gasteiger partial charge on any atom is -0.497 e. The highest BCUT2D eigenvalue weighted by molar-refractivity contribution is 6.07. The second-order valence-electron chi connectivity index (χ2n) is 9.60. The van der Waals surface area contributed by atoms with E-state index in [4.69, 9.17) is 9.72 Å². The van der Waals surface area contributed by atoms with E-state index in [2.05, 4.69) is 48.0 Å². The lowest BCUT2D eigenvalue weighted by Gasteiger charge is -2.33. The van der Waals surface area contributed by atoms with Crippen LogP contribution in [-0.4, -0.2) is 73.6 Å². The number of hydrogen-bond acceptors (Lipinski definition) is 5. The molecule has 35 heavy (non-hydrogen) atoms. The Bertz CT molecular complexity index is 1140. The van der Waals surface area contributed by atoms with Gasteiger partial charge in [-0.1, -0.05) is 26.8 Å².